The fraction of sp³-hybridized carbons (Fsp3) is 0.842. The number of carbonyl (C=O) groups excluding carboxylic acids is 2. The molecule has 1 aliphatic heterocycles. The van der Waals surface area contributed by atoms with E-state index < -0.39 is 5.60 Å². The van der Waals surface area contributed by atoms with E-state index in [1.807, 2.05) is 20.8 Å². The molecule has 0 aromatic heterocycles. The van der Waals surface area contributed by atoms with Crippen LogP contribution in [-0.4, -0.2) is 92.9 Å². The van der Waals surface area contributed by atoms with Crippen molar-refractivity contribution in [2.75, 3.05) is 47.4 Å². The summed E-state index contributed by atoms with van der Waals surface area (Å²) in [7, 11) is 5.02. The molecule has 2 N–H and O–H groups in total. The fourth-order valence-electron chi connectivity index (χ4n) is 2.63. The first-order valence-electron chi connectivity index (χ1n) is 9.83. The molecular formula is C19H38IN5O4. The number of nitrogens with zero attached hydrogens (tertiary/aromatic N) is 3. The molecule has 10 heteroatoms. The minimum Gasteiger partial charge on any atom is -0.444 e. The third-order valence-corrected chi connectivity index (χ3v) is 4.24. The number of nitrogens with one attached hydrogen (secondary N) is 2. The van der Waals surface area contributed by atoms with Gasteiger partial charge in [-0.15, -0.1) is 24.0 Å². The number of likely N-dealkylation sites (tertiary alicyclic amines) is 1. The topological polar surface area (TPSA) is 95.5 Å². The molecule has 0 aliphatic carbocycles. The van der Waals surface area contributed by atoms with Gasteiger partial charge in [-0.1, -0.05) is 13.3 Å². The molecule has 0 spiro atoms. The maximum atomic E-state index is 12.4. The zero-order chi connectivity index (χ0) is 21.3. The van der Waals surface area contributed by atoms with Gasteiger partial charge in [0, 0.05) is 34.3 Å². The number of rotatable bonds is 7. The molecule has 0 aromatic carbocycles. The van der Waals surface area contributed by atoms with Crippen LogP contribution in [0.15, 0.2) is 4.99 Å². The van der Waals surface area contributed by atoms with E-state index in [0.717, 1.165) is 19.4 Å². The first-order valence-corrected chi connectivity index (χ1v) is 9.83. The van der Waals surface area contributed by atoms with Crippen molar-refractivity contribution in [3.05, 3.63) is 0 Å². The summed E-state index contributed by atoms with van der Waals surface area (Å²) in [6.45, 7) is 9.30. The number of methoxy groups -OCH3 is 1. The monoisotopic (exact) mass is 527 g/mol. The first-order chi connectivity index (χ1) is 13.1. The summed E-state index contributed by atoms with van der Waals surface area (Å²) in [5, 5.41) is 6.56. The van der Waals surface area contributed by atoms with Gasteiger partial charge in [-0.05, 0) is 27.2 Å². The highest BCUT2D eigenvalue weighted by Gasteiger charge is 2.37. The Morgan fingerprint density at radius 2 is 1.90 bits per heavy atom. The van der Waals surface area contributed by atoms with Gasteiger partial charge in [-0.25, -0.2) is 9.79 Å². The Balaban J connectivity index is 0.00000784. The van der Waals surface area contributed by atoms with Crippen molar-refractivity contribution >= 4 is 41.9 Å². The van der Waals surface area contributed by atoms with Crippen LogP contribution < -0.4 is 10.6 Å². The number of ether oxygens (including phenoxy) is 2. The number of hydrogen-bond acceptors (Lipinski definition) is 5. The summed E-state index contributed by atoms with van der Waals surface area (Å²) < 4.78 is 11.0. The van der Waals surface area contributed by atoms with Gasteiger partial charge in [-0.3, -0.25) is 4.79 Å². The summed E-state index contributed by atoms with van der Waals surface area (Å²) in [4.78, 5) is 31.8. The van der Waals surface area contributed by atoms with Crippen LogP contribution in [0.2, 0.25) is 0 Å². The molecular weight excluding hydrogens is 489 g/mol. The Hall–Kier alpha value is -1.30. The van der Waals surface area contributed by atoms with Crippen molar-refractivity contribution < 1.29 is 19.1 Å². The van der Waals surface area contributed by atoms with E-state index in [9.17, 15) is 9.59 Å². The Bertz CT molecular complexity index is 551. The molecule has 1 rings (SSSR count). The Labute approximate surface area is 192 Å². The Kier molecular flexibility index (Phi) is 12.5. The van der Waals surface area contributed by atoms with E-state index in [1.165, 1.54) is 4.90 Å². The zero-order valence-electron chi connectivity index (χ0n) is 18.8. The molecule has 1 aliphatic rings. The van der Waals surface area contributed by atoms with Crippen molar-refractivity contribution in [3.63, 3.8) is 0 Å². The van der Waals surface area contributed by atoms with E-state index in [4.69, 9.17) is 9.47 Å². The summed E-state index contributed by atoms with van der Waals surface area (Å²) in [6.07, 6.45) is 1.48. The molecule has 9 nitrogen and oxygen atoms in total. The van der Waals surface area contributed by atoms with Gasteiger partial charge in [-0.2, -0.15) is 0 Å². The third kappa shape index (κ3) is 10.3. The predicted octanol–water partition coefficient (Wildman–Crippen LogP) is 1.66. The number of unbranched alkanes of at least 4 members (excludes halogenated alkanes) is 1. The van der Waals surface area contributed by atoms with Crippen LogP contribution in [0.1, 0.15) is 40.5 Å². The van der Waals surface area contributed by atoms with E-state index in [1.54, 1.807) is 26.1 Å². The van der Waals surface area contributed by atoms with Crippen LogP contribution >= 0.6 is 24.0 Å². The molecule has 1 saturated heterocycles. The lowest BCUT2D eigenvalue weighted by molar-refractivity contribution is -0.127. The lowest BCUT2D eigenvalue weighted by atomic mass is 10.2. The zero-order valence-corrected chi connectivity index (χ0v) is 21.1. The second kappa shape index (κ2) is 13.1. The number of hydrogen-bond donors (Lipinski definition) is 2. The summed E-state index contributed by atoms with van der Waals surface area (Å²) in [5.41, 5.74) is -0.550. The minimum absolute atomic E-state index is 0. The SMILES string of the molecule is CCCCNC(=NCC(=O)N(C)C)NC1CN(C(=O)OC(C)(C)C)C[C@@H]1OC.I. The Morgan fingerprint density at radius 3 is 2.41 bits per heavy atom. The van der Waals surface area contributed by atoms with E-state index in [0.29, 0.717) is 19.0 Å². The van der Waals surface area contributed by atoms with Gasteiger partial charge in [0.25, 0.3) is 0 Å². The highest BCUT2D eigenvalue weighted by molar-refractivity contribution is 14.0. The van der Waals surface area contributed by atoms with Gasteiger partial charge in [0.2, 0.25) is 5.91 Å². The molecule has 1 fully saturated rings. The molecule has 0 saturated carbocycles. The number of guanidine groups is 1. The second-order valence-electron chi connectivity index (χ2n) is 8.14. The van der Waals surface area contributed by atoms with Crippen LogP contribution in [0, 0.1) is 0 Å². The predicted molar refractivity (Wildman–Crippen MR) is 125 cm³/mol. The van der Waals surface area contributed by atoms with Crippen LogP contribution in [-0.2, 0) is 14.3 Å². The summed E-state index contributed by atoms with van der Waals surface area (Å²) >= 11 is 0. The molecule has 170 valence electrons. The molecule has 0 radical (unpaired) electrons. The van der Waals surface area contributed by atoms with E-state index >= 15 is 0 Å². The van der Waals surface area contributed by atoms with Crippen molar-refractivity contribution in [1.82, 2.24) is 20.4 Å². The summed E-state index contributed by atoms with van der Waals surface area (Å²) in [5.74, 6) is 0.462. The van der Waals surface area contributed by atoms with Crippen molar-refractivity contribution in [3.8, 4) is 0 Å². The normalized spacial score (nSPS) is 19.4. The minimum atomic E-state index is -0.550. The standard InChI is InChI=1S/C19H37N5O4.HI/c1-8-9-10-20-17(21-11-16(25)23(5)6)22-14-12-24(13-15(14)27-7)18(26)28-19(2,3)4;/h14-15H,8-13H2,1-7H3,(H2,20,21,22);1H/t14?,15-;/m0./s1. The second-order valence-corrected chi connectivity index (χ2v) is 8.14. The van der Waals surface area contributed by atoms with Gasteiger partial charge in [0.15, 0.2) is 5.96 Å². The lowest BCUT2D eigenvalue weighted by Crippen LogP contribution is -2.49. The molecule has 0 bridgehead atoms. The number of halogens is 1. The number of carbonyl (C=O) groups is 2. The number of aliphatic imine (C=N–C) groups is 1. The van der Waals surface area contributed by atoms with Crippen LogP contribution in [0.25, 0.3) is 0 Å². The average molecular weight is 527 g/mol. The van der Waals surface area contributed by atoms with Gasteiger partial charge >= 0.3 is 6.09 Å². The maximum absolute atomic E-state index is 12.4. The lowest BCUT2D eigenvalue weighted by Gasteiger charge is -2.24. The third-order valence-electron chi connectivity index (χ3n) is 4.24. The van der Waals surface area contributed by atoms with E-state index in [2.05, 4.69) is 22.5 Å². The first kappa shape index (κ1) is 27.7. The fourth-order valence-corrected chi connectivity index (χ4v) is 2.63. The van der Waals surface area contributed by atoms with Crippen LogP contribution in [0.4, 0.5) is 4.79 Å². The summed E-state index contributed by atoms with van der Waals surface area (Å²) in [6, 6.07) is -0.153. The molecule has 1 heterocycles. The van der Waals surface area contributed by atoms with Crippen molar-refractivity contribution in [1.29, 1.82) is 0 Å². The number of likely N-dealkylation sites (N-methyl/N-ethyl adjacent to an activating group) is 1. The molecule has 2 amide bonds. The van der Waals surface area contributed by atoms with Crippen molar-refractivity contribution in [2.24, 2.45) is 4.99 Å². The highest BCUT2D eigenvalue weighted by atomic mass is 127. The van der Waals surface area contributed by atoms with E-state index in [-0.39, 0.29) is 54.7 Å². The number of amides is 2. The van der Waals surface area contributed by atoms with Gasteiger partial charge in [0.05, 0.1) is 18.7 Å². The van der Waals surface area contributed by atoms with Crippen LogP contribution in [0.5, 0.6) is 0 Å². The van der Waals surface area contributed by atoms with Crippen molar-refractivity contribution in [2.45, 2.75) is 58.3 Å². The molecule has 1 unspecified atom stereocenters. The Morgan fingerprint density at radius 1 is 1.24 bits per heavy atom. The van der Waals surface area contributed by atoms with Gasteiger partial charge in [0.1, 0.15) is 12.1 Å². The highest BCUT2D eigenvalue weighted by Crippen LogP contribution is 2.17. The maximum Gasteiger partial charge on any atom is 0.410 e. The smallest absolute Gasteiger partial charge is 0.410 e. The molecule has 2 atom stereocenters. The quantitative estimate of drug-likeness (QED) is 0.227. The average Bonchev–Trinajstić information content (AvgIpc) is 3.00. The molecule has 29 heavy (non-hydrogen) atoms. The van der Waals surface area contributed by atoms with Crippen LogP contribution in [0.3, 0.4) is 0 Å². The van der Waals surface area contributed by atoms with Gasteiger partial charge < -0.3 is 29.9 Å². The molecule has 0 aromatic rings. The largest absolute Gasteiger partial charge is 0.444 e.